The van der Waals surface area contributed by atoms with Crippen molar-refractivity contribution in [3.05, 3.63) is 29.0 Å². The largest absolute Gasteiger partial charge is 0.328 e. The molecule has 0 aliphatic carbocycles. The fourth-order valence-electron chi connectivity index (χ4n) is 1.92. The molecule has 0 N–H and O–H groups in total. The minimum atomic E-state index is 0.674. The summed E-state index contributed by atoms with van der Waals surface area (Å²) in [6.07, 6.45) is 1.88. The molecule has 1 aromatic heterocycles. The van der Waals surface area contributed by atoms with Gasteiger partial charge >= 0.3 is 0 Å². The summed E-state index contributed by atoms with van der Waals surface area (Å²) in [5.74, 6) is 1.77. The molecule has 16 heavy (non-hydrogen) atoms. The van der Waals surface area contributed by atoms with Crippen molar-refractivity contribution in [2.24, 2.45) is 0 Å². The van der Waals surface area contributed by atoms with E-state index in [1.807, 2.05) is 18.2 Å². The second-order valence-electron chi connectivity index (χ2n) is 3.70. The van der Waals surface area contributed by atoms with Crippen molar-refractivity contribution in [2.45, 2.75) is 26.3 Å². The molecule has 0 bridgehead atoms. The van der Waals surface area contributed by atoms with Gasteiger partial charge in [-0.2, -0.15) is 0 Å². The quantitative estimate of drug-likeness (QED) is 0.760. The smallest absolute Gasteiger partial charge is 0.109 e. The minimum absolute atomic E-state index is 0.674. The second-order valence-corrected chi connectivity index (χ2v) is 4.51. The monoisotopic (exact) mass is 256 g/mol. The predicted octanol–water partition coefficient (Wildman–Crippen LogP) is 3.88. The number of hydrogen-bond acceptors (Lipinski definition) is 1. The lowest BCUT2D eigenvalue weighted by Gasteiger charge is -2.04. The molecule has 0 aliphatic rings. The molecule has 0 amide bonds. The van der Waals surface area contributed by atoms with Crippen LogP contribution in [-0.2, 0) is 13.0 Å². The van der Waals surface area contributed by atoms with Gasteiger partial charge in [0.15, 0.2) is 0 Å². The molecule has 2 aromatic rings. The van der Waals surface area contributed by atoms with Crippen molar-refractivity contribution in [3.8, 4) is 0 Å². The molecule has 1 aromatic carbocycles. The molecule has 0 fully saturated rings. The maximum absolute atomic E-state index is 5.96. The molecule has 0 aliphatic heterocycles. The van der Waals surface area contributed by atoms with Crippen LogP contribution in [0.5, 0.6) is 0 Å². The number of nitrogens with zero attached hydrogens (tertiary/aromatic N) is 2. The summed E-state index contributed by atoms with van der Waals surface area (Å²) in [5, 5.41) is 0.733. The van der Waals surface area contributed by atoms with Crippen molar-refractivity contribution < 1.29 is 0 Å². The van der Waals surface area contributed by atoms with Gasteiger partial charge in [-0.05, 0) is 31.5 Å². The predicted molar refractivity (Wildman–Crippen MR) is 69.5 cm³/mol. The first kappa shape index (κ1) is 11.7. The first-order valence-corrected chi connectivity index (χ1v) is 6.38. The van der Waals surface area contributed by atoms with Gasteiger partial charge in [-0.15, -0.1) is 11.6 Å². The van der Waals surface area contributed by atoms with E-state index in [4.69, 9.17) is 23.2 Å². The summed E-state index contributed by atoms with van der Waals surface area (Å²) in [4.78, 5) is 4.60. The summed E-state index contributed by atoms with van der Waals surface area (Å²) in [6.45, 7) is 3.05. The third-order valence-corrected chi connectivity index (χ3v) is 3.14. The standard InChI is InChI=1S/C12H14Cl2N2/c1-2-16-11-6-5-9(14)8-10(11)15-12(16)4-3-7-13/h5-6,8H,2-4,7H2,1H3. The van der Waals surface area contributed by atoms with Gasteiger partial charge in [0.05, 0.1) is 11.0 Å². The van der Waals surface area contributed by atoms with Crippen LogP contribution < -0.4 is 0 Å². The van der Waals surface area contributed by atoms with E-state index in [9.17, 15) is 0 Å². The molecule has 0 spiro atoms. The molecule has 2 rings (SSSR count). The zero-order chi connectivity index (χ0) is 11.5. The number of imidazole rings is 1. The first-order chi connectivity index (χ1) is 7.76. The van der Waals surface area contributed by atoms with Gasteiger partial charge in [0.2, 0.25) is 0 Å². The van der Waals surface area contributed by atoms with Crippen LogP contribution in [0.1, 0.15) is 19.2 Å². The number of fused-ring (bicyclic) bond motifs is 1. The minimum Gasteiger partial charge on any atom is -0.328 e. The Kier molecular flexibility index (Phi) is 3.72. The number of benzene rings is 1. The molecule has 4 heteroatoms. The number of halogens is 2. The Bertz CT molecular complexity index is 491. The highest BCUT2D eigenvalue weighted by atomic mass is 35.5. The molecular formula is C12H14Cl2N2. The molecule has 0 unspecified atom stereocenters. The highest BCUT2D eigenvalue weighted by molar-refractivity contribution is 6.31. The topological polar surface area (TPSA) is 17.8 Å². The van der Waals surface area contributed by atoms with Crippen molar-refractivity contribution in [1.29, 1.82) is 0 Å². The Morgan fingerprint density at radius 3 is 2.88 bits per heavy atom. The van der Waals surface area contributed by atoms with E-state index in [0.29, 0.717) is 5.88 Å². The molecule has 2 nitrogen and oxygen atoms in total. The summed E-state index contributed by atoms with van der Waals surface area (Å²) >= 11 is 11.7. The van der Waals surface area contributed by atoms with E-state index < -0.39 is 0 Å². The number of rotatable bonds is 4. The number of aromatic nitrogens is 2. The summed E-state index contributed by atoms with van der Waals surface area (Å²) in [7, 11) is 0. The van der Waals surface area contributed by atoms with Gasteiger partial charge in [-0.1, -0.05) is 11.6 Å². The highest BCUT2D eigenvalue weighted by Gasteiger charge is 2.09. The lowest BCUT2D eigenvalue weighted by Crippen LogP contribution is -2.01. The lowest BCUT2D eigenvalue weighted by molar-refractivity contribution is 0.702. The molecule has 0 radical (unpaired) electrons. The van der Waals surface area contributed by atoms with Gasteiger partial charge in [0.25, 0.3) is 0 Å². The highest BCUT2D eigenvalue weighted by Crippen LogP contribution is 2.21. The van der Waals surface area contributed by atoms with Crippen LogP contribution in [0.2, 0.25) is 5.02 Å². The Morgan fingerprint density at radius 1 is 1.38 bits per heavy atom. The molecular weight excluding hydrogens is 243 g/mol. The van der Waals surface area contributed by atoms with E-state index in [1.165, 1.54) is 0 Å². The zero-order valence-electron chi connectivity index (χ0n) is 9.21. The van der Waals surface area contributed by atoms with E-state index in [2.05, 4.69) is 16.5 Å². The van der Waals surface area contributed by atoms with Crippen LogP contribution in [0.3, 0.4) is 0 Å². The van der Waals surface area contributed by atoms with Crippen LogP contribution in [0.15, 0.2) is 18.2 Å². The van der Waals surface area contributed by atoms with Gasteiger partial charge in [-0.25, -0.2) is 4.98 Å². The summed E-state index contributed by atoms with van der Waals surface area (Å²) < 4.78 is 2.22. The Balaban J connectivity index is 2.48. The SMILES string of the molecule is CCn1c(CCCCl)nc2cc(Cl)ccc21. The average molecular weight is 257 g/mol. The molecule has 0 saturated carbocycles. The fraction of sp³-hybridized carbons (Fsp3) is 0.417. The molecule has 86 valence electrons. The van der Waals surface area contributed by atoms with Crippen molar-refractivity contribution in [1.82, 2.24) is 9.55 Å². The molecule has 0 atom stereocenters. The van der Waals surface area contributed by atoms with Gasteiger partial charge in [0.1, 0.15) is 5.82 Å². The molecule has 1 heterocycles. The third kappa shape index (κ3) is 2.18. The Morgan fingerprint density at radius 2 is 2.19 bits per heavy atom. The number of hydrogen-bond donors (Lipinski definition) is 0. The van der Waals surface area contributed by atoms with Crippen molar-refractivity contribution in [3.63, 3.8) is 0 Å². The maximum Gasteiger partial charge on any atom is 0.109 e. The van der Waals surface area contributed by atoms with Crippen LogP contribution in [0, 0.1) is 0 Å². The van der Waals surface area contributed by atoms with Gasteiger partial charge < -0.3 is 4.57 Å². The van der Waals surface area contributed by atoms with Crippen LogP contribution >= 0.6 is 23.2 Å². The van der Waals surface area contributed by atoms with Gasteiger partial charge in [-0.3, -0.25) is 0 Å². The summed E-state index contributed by atoms with van der Waals surface area (Å²) in [6, 6.07) is 5.84. The third-order valence-electron chi connectivity index (χ3n) is 2.64. The second kappa shape index (κ2) is 5.07. The van der Waals surface area contributed by atoms with Crippen LogP contribution in [0.25, 0.3) is 11.0 Å². The Hall–Kier alpha value is -0.730. The lowest BCUT2D eigenvalue weighted by atomic mass is 10.3. The average Bonchev–Trinajstić information content (AvgIpc) is 2.62. The van der Waals surface area contributed by atoms with E-state index in [0.717, 1.165) is 41.3 Å². The number of aryl methyl sites for hydroxylation is 2. The van der Waals surface area contributed by atoms with Crippen LogP contribution in [0.4, 0.5) is 0 Å². The zero-order valence-corrected chi connectivity index (χ0v) is 10.7. The van der Waals surface area contributed by atoms with E-state index in [1.54, 1.807) is 0 Å². The van der Waals surface area contributed by atoms with Crippen LogP contribution in [-0.4, -0.2) is 15.4 Å². The van der Waals surface area contributed by atoms with Crippen molar-refractivity contribution >= 4 is 34.2 Å². The van der Waals surface area contributed by atoms with E-state index >= 15 is 0 Å². The normalized spacial score (nSPS) is 11.2. The van der Waals surface area contributed by atoms with Gasteiger partial charge in [0, 0.05) is 23.9 Å². The maximum atomic E-state index is 5.96. The fourth-order valence-corrected chi connectivity index (χ4v) is 2.22. The van der Waals surface area contributed by atoms with E-state index in [-0.39, 0.29) is 0 Å². The summed E-state index contributed by atoms with van der Waals surface area (Å²) in [5.41, 5.74) is 2.12. The number of alkyl halides is 1. The van der Waals surface area contributed by atoms with Crippen molar-refractivity contribution in [2.75, 3.05) is 5.88 Å². The first-order valence-electron chi connectivity index (χ1n) is 5.47. The Labute approximate surface area is 105 Å². The molecule has 0 saturated heterocycles.